The van der Waals surface area contributed by atoms with Crippen molar-refractivity contribution < 1.29 is 4.42 Å². The Morgan fingerprint density at radius 1 is 1.41 bits per heavy atom. The molecule has 2 aromatic rings. The molecule has 0 spiro atoms. The molecule has 1 heterocycles. The van der Waals surface area contributed by atoms with Gasteiger partial charge in [0.05, 0.1) is 11.1 Å². The Morgan fingerprint density at radius 3 is 2.82 bits per heavy atom. The highest BCUT2D eigenvalue weighted by atomic mass is 127. The summed E-state index contributed by atoms with van der Waals surface area (Å²) in [7, 11) is 1.84. The van der Waals surface area contributed by atoms with Crippen LogP contribution in [0.2, 0.25) is 5.02 Å². The zero-order valence-corrected chi connectivity index (χ0v) is 12.3. The van der Waals surface area contributed by atoms with Crippen LogP contribution in [0.4, 0.5) is 0 Å². The van der Waals surface area contributed by atoms with E-state index in [0.717, 1.165) is 9.13 Å². The Balaban J connectivity index is 2.33. The molecule has 1 atom stereocenters. The van der Waals surface area contributed by atoms with E-state index in [4.69, 9.17) is 16.0 Å². The van der Waals surface area contributed by atoms with Gasteiger partial charge in [0.1, 0.15) is 0 Å². The summed E-state index contributed by atoms with van der Waals surface area (Å²) in [5.41, 5.74) is 0.831. The van der Waals surface area contributed by atoms with Gasteiger partial charge < -0.3 is 9.73 Å². The highest BCUT2D eigenvalue weighted by Crippen LogP contribution is 2.26. The maximum absolute atomic E-state index is 6.05. The Hall–Kier alpha value is -0.660. The molecule has 0 radical (unpaired) electrons. The first kappa shape index (κ1) is 12.8. The Labute approximate surface area is 118 Å². The molecule has 1 N–H and O–H groups in total. The van der Waals surface area contributed by atoms with E-state index in [1.807, 2.05) is 32.2 Å². The van der Waals surface area contributed by atoms with Crippen LogP contribution in [0.5, 0.6) is 0 Å². The van der Waals surface area contributed by atoms with Gasteiger partial charge in [-0.05, 0) is 54.8 Å². The Kier molecular flexibility index (Phi) is 4.01. The summed E-state index contributed by atoms with van der Waals surface area (Å²) in [6.07, 6.45) is 0. The van der Waals surface area contributed by atoms with Crippen LogP contribution in [0.15, 0.2) is 22.6 Å². The van der Waals surface area contributed by atoms with Crippen molar-refractivity contribution in [2.75, 3.05) is 7.05 Å². The maximum atomic E-state index is 6.05. The molecule has 0 fully saturated rings. The zero-order chi connectivity index (χ0) is 12.4. The third kappa shape index (κ3) is 2.78. The van der Waals surface area contributed by atoms with Gasteiger partial charge in [-0.15, -0.1) is 10.2 Å². The molecule has 1 aromatic carbocycles. The second-order valence-electron chi connectivity index (χ2n) is 3.58. The number of halogens is 2. The van der Waals surface area contributed by atoms with Crippen LogP contribution in [0.25, 0.3) is 11.5 Å². The first-order valence-electron chi connectivity index (χ1n) is 5.08. The fraction of sp³-hybridized carbons (Fsp3) is 0.273. The number of nitrogens with one attached hydrogen (secondary N) is 1. The van der Waals surface area contributed by atoms with Crippen LogP contribution in [0.1, 0.15) is 18.9 Å². The number of benzene rings is 1. The van der Waals surface area contributed by atoms with Crippen LogP contribution in [-0.4, -0.2) is 17.2 Å². The van der Waals surface area contributed by atoms with Crippen LogP contribution >= 0.6 is 34.2 Å². The maximum Gasteiger partial charge on any atom is 0.247 e. The second-order valence-corrected chi connectivity index (χ2v) is 5.15. The lowest BCUT2D eigenvalue weighted by atomic mass is 10.2. The van der Waals surface area contributed by atoms with Gasteiger partial charge in [0, 0.05) is 9.13 Å². The van der Waals surface area contributed by atoms with Gasteiger partial charge in [-0.2, -0.15) is 0 Å². The summed E-state index contributed by atoms with van der Waals surface area (Å²) in [6.45, 7) is 1.96. The van der Waals surface area contributed by atoms with Crippen molar-refractivity contribution in [1.29, 1.82) is 0 Å². The zero-order valence-electron chi connectivity index (χ0n) is 9.37. The molecule has 6 heteroatoms. The van der Waals surface area contributed by atoms with E-state index < -0.39 is 0 Å². The fourth-order valence-electron chi connectivity index (χ4n) is 1.28. The van der Waals surface area contributed by atoms with Gasteiger partial charge in [0.15, 0.2) is 0 Å². The van der Waals surface area contributed by atoms with Crippen LogP contribution < -0.4 is 5.32 Å². The number of aromatic nitrogens is 2. The fourth-order valence-corrected chi connectivity index (χ4v) is 1.79. The molecule has 4 nitrogen and oxygen atoms in total. The van der Waals surface area contributed by atoms with Crippen molar-refractivity contribution in [2.24, 2.45) is 0 Å². The smallest absolute Gasteiger partial charge is 0.247 e. The van der Waals surface area contributed by atoms with Crippen molar-refractivity contribution in [3.63, 3.8) is 0 Å². The quantitative estimate of drug-likeness (QED) is 0.850. The monoisotopic (exact) mass is 363 g/mol. The predicted octanol–water partition coefficient (Wildman–Crippen LogP) is 3.28. The number of hydrogen-bond acceptors (Lipinski definition) is 4. The summed E-state index contributed by atoms with van der Waals surface area (Å²) in [5.74, 6) is 1.05. The van der Waals surface area contributed by atoms with Crippen LogP contribution in [0.3, 0.4) is 0 Å². The summed E-state index contributed by atoms with van der Waals surface area (Å²) >= 11 is 8.22. The van der Waals surface area contributed by atoms with E-state index >= 15 is 0 Å². The molecule has 17 heavy (non-hydrogen) atoms. The van der Waals surface area contributed by atoms with Gasteiger partial charge in [-0.25, -0.2) is 0 Å². The van der Waals surface area contributed by atoms with E-state index in [9.17, 15) is 0 Å². The van der Waals surface area contributed by atoms with Crippen molar-refractivity contribution in [2.45, 2.75) is 13.0 Å². The molecule has 0 bridgehead atoms. The van der Waals surface area contributed by atoms with Crippen LogP contribution in [-0.2, 0) is 0 Å². The summed E-state index contributed by atoms with van der Waals surface area (Å²) in [6, 6.07) is 5.69. The molecule has 0 saturated carbocycles. The highest BCUT2D eigenvalue weighted by molar-refractivity contribution is 14.1. The molecule has 0 amide bonds. The first-order valence-corrected chi connectivity index (χ1v) is 6.53. The third-order valence-corrected chi connectivity index (χ3v) is 3.98. The summed E-state index contributed by atoms with van der Waals surface area (Å²) in [4.78, 5) is 0. The van der Waals surface area contributed by atoms with E-state index in [1.165, 1.54) is 0 Å². The second kappa shape index (κ2) is 5.32. The van der Waals surface area contributed by atoms with Crippen molar-refractivity contribution >= 4 is 34.2 Å². The van der Waals surface area contributed by atoms with Gasteiger partial charge in [0.2, 0.25) is 11.8 Å². The van der Waals surface area contributed by atoms with E-state index in [0.29, 0.717) is 16.8 Å². The lowest BCUT2D eigenvalue weighted by molar-refractivity contribution is 0.441. The first-order chi connectivity index (χ1) is 8.11. The predicted molar refractivity (Wildman–Crippen MR) is 74.9 cm³/mol. The lowest BCUT2D eigenvalue weighted by Gasteiger charge is -2.02. The minimum Gasteiger partial charge on any atom is -0.419 e. The molecule has 90 valence electrons. The normalized spacial score (nSPS) is 12.7. The molecule has 1 aromatic heterocycles. The van der Waals surface area contributed by atoms with Crippen molar-refractivity contribution in [1.82, 2.24) is 15.5 Å². The summed E-state index contributed by atoms with van der Waals surface area (Å²) < 4.78 is 6.57. The Bertz CT molecular complexity index is 529. The number of rotatable bonds is 3. The summed E-state index contributed by atoms with van der Waals surface area (Å²) in [5, 5.41) is 11.7. The van der Waals surface area contributed by atoms with Gasteiger partial charge in [-0.3, -0.25) is 0 Å². The molecular formula is C11H11ClIN3O. The molecule has 1 unspecified atom stereocenters. The number of hydrogen-bond donors (Lipinski definition) is 1. The minimum atomic E-state index is 0.0376. The molecular weight excluding hydrogens is 352 g/mol. The molecule has 0 saturated heterocycles. The molecule has 2 rings (SSSR count). The average Bonchev–Trinajstić information content (AvgIpc) is 2.81. The third-order valence-electron chi connectivity index (χ3n) is 2.41. The van der Waals surface area contributed by atoms with Crippen molar-refractivity contribution in [3.8, 4) is 11.5 Å². The lowest BCUT2D eigenvalue weighted by Crippen LogP contribution is -2.12. The highest BCUT2D eigenvalue weighted by Gasteiger charge is 2.13. The SMILES string of the molecule is CNC(C)c1nnc(-c2ccc(I)c(Cl)c2)o1. The number of nitrogens with zero attached hydrogens (tertiary/aromatic N) is 2. The van der Waals surface area contributed by atoms with E-state index in [1.54, 1.807) is 0 Å². The Morgan fingerprint density at radius 2 is 2.18 bits per heavy atom. The topological polar surface area (TPSA) is 51.0 Å². The average molecular weight is 364 g/mol. The van der Waals surface area contributed by atoms with Gasteiger partial charge >= 0.3 is 0 Å². The van der Waals surface area contributed by atoms with E-state index in [2.05, 4.69) is 38.1 Å². The minimum absolute atomic E-state index is 0.0376. The van der Waals surface area contributed by atoms with Crippen LogP contribution in [0, 0.1) is 3.57 Å². The molecule has 0 aliphatic carbocycles. The van der Waals surface area contributed by atoms with E-state index in [-0.39, 0.29) is 6.04 Å². The van der Waals surface area contributed by atoms with Gasteiger partial charge in [-0.1, -0.05) is 11.6 Å². The largest absolute Gasteiger partial charge is 0.419 e. The standard InChI is InChI=1S/C11H11ClIN3O/c1-6(14-2)10-15-16-11(17-10)7-3-4-9(13)8(12)5-7/h3-6,14H,1-2H3. The molecule has 0 aliphatic rings. The van der Waals surface area contributed by atoms with Crippen molar-refractivity contribution in [3.05, 3.63) is 32.7 Å². The molecule has 0 aliphatic heterocycles. The van der Waals surface area contributed by atoms with Gasteiger partial charge in [0.25, 0.3) is 0 Å².